The number of rotatable bonds is 2. The molecule has 7 heteroatoms. The van der Waals surface area contributed by atoms with Crippen LogP contribution in [-0.2, 0) is 4.79 Å². The molecule has 2 aromatic rings. The van der Waals surface area contributed by atoms with E-state index in [2.05, 4.69) is 5.32 Å². The molecular formula is C20H20ClN3O3. The summed E-state index contributed by atoms with van der Waals surface area (Å²) < 4.78 is 5.41. The van der Waals surface area contributed by atoms with Crippen molar-refractivity contribution in [1.29, 1.82) is 0 Å². The molecule has 0 aliphatic carbocycles. The van der Waals surface area contributed by atoms with Crippen LogP contribution in [0.2, 0.25) is 5.02 Å². The van der Waals surface area contributed by atoms with Gasteiger partial charge in [0.25, 0.3) is 5.91 Å². The molecule has 6 nitrogen and oxygen atoms in total. The number of benzene rings is 2. The van der Waals surface area contributed by atoms with Crippen molar-refractivity contribution in [2.45, 2.75) is 12.3 Å². The molecule has 3 amide bonds. The number of carbonyl (C=O) groups excluding carboxylic acids is 2. The van der Waals surface area contributed by atoms with E-state index in [1.807, 2.05) is 24.3 Å². The molecule has 0 saturated carbocycles. The normalized spacial score (nSPS) is 18.9. The zero-order valence-corrected chi connectivity index (χ0v) is 15.7. The van der Waals surface area contributed by atoms with Gasteiger partial charge in [-0.25, -0.2) is 4.79 Å². The maximum absolute atomic E-state index is 12.7. The number of likely N-dealkylation sites (N-methyl/N-ethyl adjacent to an activating group) is 1. The van der Waals surface area contributed by atoms with Crippen molar-refractivity contribution < 1.29 is 14.3 Å². The second-order valence-electron chi connectivity index (χ2n) is 6.81. The van der Waals surface area contributed by atoms with Crippen LogP contribution in [0.25, 0.3) is 0 Å². The minimum Gasteiger partial charge on any atom is -0.482 e. The average molecular weight is 386 g/mol. The maximum atomic E-state index is 12.7. The Kier molecular flexibility index (Phi) is 4.66. The molecule has 2 aliphatic rings. The van der Waals surface area contributed by atoms with Crippen LogP contribution in [0.4, 0.5) is 16.2 Å². The molecule has 1 N–H and O–H groups in total. The van der Waals surface area contributed by atoms with Gasteiger partial charge in [-0.3, -0.25) is 4.79 Å². The SMILES string of the molecule is CN1C(=O)COc2ccc(NC(=O)N3CC[C@@H](c4ccccc4Cl)C3)cc21. The summed E-state index contributed by atoms with van der Waals surface area (Å²) in [6.07, 6.45) is 0.881. The highest BCUT2D eigenvalue weighted by molar-refractivity contribution is 6.31. The Hall–Kier alpha value is -2.73. The monoisotopic (exact) mass is 385 g/mol. The molecule has 2 aliphatic heterocycles. The Balaban J connectivity index is 1.44. The average Bonchev–Trinajstić information content (AvgIpc) is 3.15. The molecule has 4 rings (SSSR count). The number of urea groups is 1. The van der Waals surface area contributed by atoms with E-state index in [1.54, 1.807) is 30.1 Å². The van der Waals surface area contributed by atoms with Crippen LogP contribution in [0, 0.1) is 0 Å². The van der Waals surface area contributed by atoms with Gasteiger partial charge in [0.15, 0.2) is 6.61 Å². The van der Waals surface area contributed by atoms with Gasteiger partial charge in [0, 0.05) is 36.8 Å². The van der Waals surface area contributed by atoms with Crippen LogP contribution < -0.4 is 15.0 Å². The first-order valence-corrected chi connectivity index (χ1v) is 9.24. The summed E-state index contributed by atoms with van der Waals surface area (Å²) in [6, 6.07) is 12.9. The first kappa shape index (κ1) is 17.7. The Bertz CT molecular complexity index is 902. The first-order chi connectivity index (χ1) is 13.0. The number of amides is 3. The lowest BCUT2D eigenvalue weighted by atomic mass is 9.98. The van der Waals surface area contributed by atoms with Gasteiger partial charge >= 0.3 is 6.03 Å². The van der Waals surface area contributed by atoms with E-state index in [9.17, 15) is 9.59 Å². The van der Waals surface area contributed by atoms with Crippen LogP contribution >= 0.6 is 11.6 Å². The molecule has 0 unspecified atom stereocenters. The van der Waals surface area contributed by atoms with Crippen molar-refractivity contribution in [1.82, 2.24) is 4.90 Å². The summed E-state index contributed by atoms with van der Waals surface area (Å²) in [7, 11) is 1.70. The number of halogens is 1. The number of nitrogens with zero attached hydrogens (tertiary/aromatic N) is 2. The molecule has 27 heavy (non-hydrogen) atoms. The highest BCUT2D eigenvalue weighted by Gasteiger charge is 2.29. The molecule has 0 spiro atoms. The topological polar surface area (TPSA) is 61.9 Å². The third-order valence-corrected chi connectivity index (χ3v) is 5.46. The molecule has 2 heterocycles. The summed E-state index contributed by atoms with van der Waals surface area (Å²) >= 11 is 6.29. The number of fused-ring (bicyclic) bond motifs is 1. The molecule has 140 valence electrons. The minimum atomic E-state index is -0.157. The quantitative estimate of drug-likeness (QED) is 0.857. The van der Waals surface area contributed by atoms with E-state index >= 15 is 0 Å². The molecule has 1 fully saturated rings. The van der Waals surface area contributed by atoms with Crippen molar-refractivity contribution in [3.05, 3.63) is 53.1 Å². The smallest absolute Gasteiger partial charge is 0.321 e. The Morgan fingerprint density at radius 3 is 2.89 bits per heavy atom. The Labute approximate surface area is 162 Å². The van der Waals surface area contributed by atoms with Gasteiger partial charge in [0.2, 0.25) is 0 Å². The van der Waals surface area contributed by atoms with Gasteiger partial charge in [-0.2, -0.15) is 0 Å². The predicted octanol–water partition coefficient (Wildman–Crippen LogP) is 3.72. The predicted molar refractivity (Wildman–Crippen MR) is 105 cm³/mol. The lowest BCUT2D eigenvalue weighted by Gasteiger charge is -2.26. The fraction of sp³-hybridized carbons (Fsp3) is 0.300. The number of carbonyl (C=O) groups is 2. The summed E-state index contributed by atoms with van der Waals surface area (Å²) in [4.78, 5) is 27.8. The zero-order valence-electron chi connectivity index (χ0n) is 14.9. The number of likely N-dealkylation sites (tertiary alicyclic amines) is 1. The minimum absolute atomic E-state index is 0.0341. The zero-order chi connectivity index (χ0) is 19.0. The van der Waals surface area contributed by atoms with Gasteiger partial charge in [-0.05, 0) is 36.2 Å². The van der Waals surface area contributed by atoms with Crippen LogP contribution in [0.1, 0.15) is 17.9 Å². The highest BCUT2D eigenvalue weighted by atomic mass is 35.5. The molecular weight excluding hydrogens is 366 g/mol. The van der Waals surface area contributed by atoms with Crippen molar-refractivity contribution in [3.8, 4) is 5.75 Å². The second kappa shape index (κ2) is 7.12. The van der Waals surface area contributed by atoms with E-state index in [4.69, 9.17) is 16.3 Å². The van der Waals surface area contributed by atoms with Gasteiger partial charge in [-0.15, -0.1) is 0 Å². The van der Waals surface area contributed by atoms with Gasteiger partial charge in [0.1, 0.15) is 5.75 Å². The molecule has 0 aromatic heterocycles. The van der Waals surface area contributed by atoms with E-state index < -0.39 is 0 Å². The molecule has 1 atom stereocenters. The van der Waals surface area contributed by atoms with Gasteiger partial charge in [0.05, 0.1) is 5.69 Å². The molecule has 1 saturated heterocycles. The molecule has 0 radical (unpaired) electrons. The summed E-state index contributed by atoms with van der Waals surface area (Å²) in [5.41, 5.74) is 2.37. The number of hydrogen-bond acceptors (Lipinski definition) is 3. The summed E-state index contributed by atoms with van der Waals surface area (Å²) in [5, 5.41) is 3.66. The van der Waals surface area contributed by atoms with Crippen molar-refractivity contribution in [3.63, 3.8) is 0 Å². The second-order valence-corrected chi connectivity index (χ2v) is 7.21. The number of nitrogens with one attached hydrogen (secondary N) is 1. The fourth-order valence-corrected chi connectivity index (χ4v) is 3.85. The first-order valence-electron chi connectivity index (χ1n) is 8.86. The maximum Gasteiger partial charge on any atom is 0.321 e. The van der Waals surface area contributed by atoms with Crippen LogP contribution in [0.3, 0.4) is 0 Å². The standard InChI is InChI=1S/C20H20ClN3O3/c1-23-17-10-14(6-7-18(17)27-12-19(23)25)22-20(26)24-9-8-13(11-24)15-4-2-3-5-16(15)21/h2-7,10,13H,8-9,11-12H2,1H3,(H,22,26)/t13-/m1/s1. The molecule has 2 aromatic carbocycles. The number of ether oxygens (including phenoxy) is 1. The van der Waals surface area contributed by atoms with Crippen LogP contribution in [-0.4, -0.2) is 43.6 Å². The number of anilines is 2. The highest BCUT2D eigenvalue weighted by Crippen LogP contribution is 2.35. The third kappa shape index (κ3) is 3.45. The van der Waals surface area contributed by atoms with Crippen molar-refractivity contribution >= 4 is 34.9 Å². The van der Waals surface area contributed by atoms with Crippen LogP contribution in [0.15, 0.2) is 42.5 Å². The van der Waals surface area contributed by atoms with E-state index in [-0.39, 0.29) is 24.5 Å². The van der Waals surface area contributed by atoms with Gasteiger partial charge < -0.3 is 19.9 Å². The van der Waals surface area contributed by atoms with Crippen LogP contribution in [0.5, 0.6) is 5.75 Å². The lowest BCUT2D eigenvalue weighted by molar-refractivity contribution is -0.120. The summed E-state index contributed by atoms with van der Waals surface area (Å²) in [6.45, 7) is 1.34. The summed E-state index contributed by atoms with van der Waals surface area (Å²) in [5.74, 6) is 0.758. The third-order valence-electron chi connectivity index (χ3n) is 5.12. The Morgan fingerprint density at radius 1 is 1.26 bits per heavy atom. The van der Waals surface area contributed by atoms with Crippen molar-refractivity contribution in [2.24, 2.45) is 0 Å². The largest absolute Gasteiger partial charge is 0.482 e. The van der Waals surface area contributed by atoms with E-state index in [1.165, 1.54) is 4.90 Å². The van der Waals surface area contributed by atoms with Gasteiger partial charge in [-0.1, -0.05) is 29.8 Å². The molecule has 0 bridgehead atoms. The van der Waals surface area contributed by atoms with E-state index in [0.717, 1.165) is 17.0 Å². The fourth-order valence-electron chi connectivity index (χ4n) is 3.56. The Morgan fingerprint density at radius 2 is 2.07 bits per heavy atom. The number of hydrogen-bond donors (Lipinski definition) is 1. The lowest BCUT2D eigenvalue weighted by Crippen LogP contribution is -2.36. The van der Waals surface area contributed by atoms with Crippen molar-refractivity contribution in [2.75, 3.05) is 37.0 Å². The van der Waals surface area contributed by atoms with E-state index in [0.29, 0.717) is 30.2 Å².